The second-order valence-corrected chi connectivity index (χ2v) is 22.4. The van der Waals surface area contributed by atoms with Gasteiger partial charge in [-0.15, -0.1) is 11.3 Å². The first-order valence-corrected chi connectivity index (χ1v) is 26.2. The van der Waals surface area contributed by atoms with Crippen molar-refractivity contribution in [3.05, 3.63) is 255 Å². The highest BCUT2D eigenvalue weighted by Crippen LogP contribution is 2.40. The maximum absolute atomic E-state index is 5.52. The lowest BCUT2D eigenvalue weighted by Gasteiger charge is -2.34. The third-order valence-corrected chi connectivity index (χ3v) is 19.5. The number of hydrogen-bond acceptors (Lipinski definition) is 4. The van der Waals surface area contributed by atoms with Crippen LogP contribution in [0, 0.1) is 0 Å². The van der Waals surface area contributed by atoms with Crippen LogP contribution in [0.2, 0.25) is 0 Å². The van der Waals surface area contributed by atoms with E-state index in [-0.39, 0.29) is 0 Å². The Labute approximate surface area is 405 Å². The molecule has 0 N–H and O–H groups in total. The summed E-state index contributed by atoms with van der Waals surface area (Å²) in [6, 6.07) is 92.0. The molecule has 0 fully saturated rings. The van der Waals surface area contributed by atoms with Crippen molar-refractivity contribution in [2.45, 2.75) is 0 Å². The topological polar surface area (TPSA) is 43.6 Å². The van der Waals surface area contributed by atoms with Gasteiger partial charge in [0.05, 0.1) is 16.7 Å². The summed E-state index contributed by atoms with van der Waals surface area (Å²) in [5.74, 6) is 1.83. The lowest BCUT2D eigenvalue weighted by atomic mass is 9.98. The van der Waals surface area contributed by atoms with E-state index in [4.69, 9.17) is 15.0 Å². The summed E-state index contributed by atoms with van der Waals surface area (Å²) < 4.78 is 4.89. The molecule has 0 bridgehead atoms. The van der Waals surface area contributed by atoms with Crippen LogP contribution in [0.1, 0.15) is 0 Å². The monoisotopic (exact) mass is 914 g/mol. The summed E-state index contributed by atoms with van der Waals surface area (Å²) >= 11 is 1.83. The van der Waals surface area contributed by atoms with Crippen LogP contribution < -0.4 is 20.7 Å². The van der Waals surface area contributed by atoms with Gasteiger partial charge in [-0.05, 0) is 68.3 Å². The fourth-order valence-corrected chi connectivity index (χ4v) is 16.5. The molecular formula is C63H42N4SSi. The van der Waals surface area contributed by atoms with E-state index in [0.29, 0.717) is 17.5 Å². The molecule has 0 unspecified atom stereocenters. The molecular weight excluding hydrogens is 873 g/mol. The van der Waals surface area contributed by atoms with Crippen molar-refractivity contribution >= 4 is 82.1 Å². The standard InChI is InChI=1S/C63H42N4SSi/c1-4-22-45(23-5-1)69(46-24-6-2-7-25-46,47-26-8-3-9-27-47)48-28-20-21-44(41-48)61-64-62(54-33-11-10-29-49(54)43-39-40-53-52-32-15-19-38-59(52)68-60(53)42-43)66-63(65-61)55-34-14-18-37-58(55)67-56-35-16-12-30-50(56)51-31-13-17-36-57(51)67/h1-42H. The van der Waals surface area contributed by atoms with E-state index < -0.39 is 8.07 Å². The highest BCUT2D eigenvalue weighted by Gasteiger charge is 2.41. The molecule has 0 saturated carbocycles. The maximum atomic E-state index is 5.52. The van der Waals surface area contributed by atoms with E-state index in [1.54, 1.807) is 0 Å². The molecule has 324 valence electrons. The molecule has 0 spiro atoms. The van der Waals surface area contributed by atoms with Crippen molar-refractivity contribution in [1.82, 2.24) is 19.5 Å². The zero-order valence-corrected chi connectivity index (χ0v) is 39.3. The molecule has 0 aliphatic carbocycles. The number of benzene rings is 10. The average Bonchev–Trinajstić information content (AvgIpc) is 3.97. The number of fused-ring (bicyclic) bond motifs is 6. The van der Waals surface area contributed by atoms with Gasteiger partial charge in [-0.25, -0.2) is 15.0 Å². The minimum Gasteiger partial charge on any atom is -0.309 e. The van der Waals surface area contributed by atoms with E-state index in [1.807, 2.05) is 11.3 Å². The Kier molecular flexibility index (Phi) is 10.00. The SMILES string of the molecule is c1ccc([Si](c2ccccc2)(c2ccccc2)c2cccc(-c3nc(-c4ccccc4-c4ccc5c(c4)sc4ccccc45)nc(-c4ccccc4-n4c5ccccc5c5ccccc54)n3)c2)cc1. The molecule has 4 nitrogen and oxygen atoms in total. The molecule has 69 heavy (non-hydrogen) atoms. The molecule has 3 heterocycles. The molecule has 0 aliphatic rings. The summed E-state index contributed by atoms with van der Waals surface area (Å²) in [7, 11) is -2.88. The van der Waals surface area contributed by atoms with Gasteiger partial charge in [-0.3, -0.25) is 0 Å². The second kappa shape index (κ2) is 17.0. The van der Waals surface area contributed by atoms with Crippen molar-refractivity contribution in [1.29, 1.82) is 0 Å². The normalized spacial score (nSPS) is 11.8. The third kappa shape index (κ3) is 6.83. The van der Waals surface area contributed by atoms with Crippen LogP contribution in [0.5, 0.6) is 0 Å². The molecule has 0 radical (unpaired) electrons. The van der Waals surface area contributed by atoms with Crippen molar-refractivity contribution in [2.24, 2.45) is 0 Å². The van der Waals surface area contributed by atoms with Gasteiger partial charge in [0.1, 0.15) is 0 Å². The molecule has 10 aromatic carbocycles. The highest BCUT2D eigenvalue weighted by atomic mass is 32.1. The van der Waals surface area contributed by atoms with Crippen LogP contribution in [0.25, 0.3) is 93.0 Å². The molecule has 0 atom stereocenters. The number of aromatic nitrogens is 4. The number of rotatable bonds is 9. The molecule has 3 aromatic heterocycles. The predicted molar refractivity (Wildman–Crippen MR) is 292 cm³/mol. The van der Waals surface area contributed by atoms with Gasteiger partial charge >= 0.3 is 0 Å². The number of hydrogen-bond donors (Lipinski definition) is 0. The van der Waals surface area contributed by atoms with Crippen LogP contribution in [-0.2, 0) is 0 Å². The van der Waals surface area contributed by atoms with Gasteiger partial charge in [0.25, 0.3) is 0 Å². The van der Waals surface area contributed by atoms with Crippen LogP contribution in [0.15, 0.2) is 255 Å². The summed E-state index contributed by atoms with van der Waals surface area (Å²) in [6.45, 7) is 0. The Balaban J connectivity index is 1.06. The Hall–Kier alpha value is -8.55. The largest absolute Gasteiger partial charge is 0.309 e. The molecule has 0 aliphatic heterocycles. The van der Waals surface area contributed by atoms with E-state index in [9.17, 15) is 0 Å². The van der Waals surface area contributed by atoms with E-state index in [2.05, 4.69) is 259 Å². The summed E-state index contributed by atoms with van der Waals surface area (Å²) in [5, 5.41) is 10.1. The average molecular weight is 915 g/mol. The van der Waals surface area contributed by atoms with Gasteiger partial charge in [0.2, 0.25) is 0 Å². The zero-order valence-electron chi connectivity index (χ0n) is 37.4. The Bertz CT molecular complexity index is 3880. The predicted octanol–water partition coefficient (Wildman–Crippen LogP) is 13.4. The summed E-state index contributed by atoms with van der Waals surface area (Å²) in [6.07, 6.45) is 0. The first-order valence-electron chi connectivity index (χ1n) is 23.3. The highest BCUT2D eigenvalue weighted by molar-refractivity contribution is 7.25. The van der Waals surface area contributed by atoms with Crippen molar-refractivity contribution in [3.8, 4) is 51.0 Å². The molecule has 0 amide bonds. The van der Waals surface area contributed by atoms with Crippen LogP contribution in [0.4, 0.5) is 0 Å². The van der Waals surface area contributed by atoms with Gasteiger partial charge in [0, 0.05) is 47.6 Å². The van der Waals surface area contributed by atoms with Gasteiger partial charge < -0.3 is 4.57 Å². The lowest BCUT2D eigenvalue weighted by molar-refractivity contribution is 1.06. The number of thiophene rings is 1. The van der Waals surface area contributed by atoms with E-state index in [0.717, 1.165) is 44.5 Å². The number of nitrogens with zero attached hydrogens (tertiary/aromatic N) is 4. The van der Waals surface area contributed by atoms with Gasteiger partial charge in [-0.2, -0.15) is 0 Å². The van der Waals surface area contributed by atoms with E-state index >= 15 is 0 Å². The Morgan fingerprint density at radius 3 is 1.43 bits per heavy atom. The zero-order chi connectivity index (χ0) is 45.7. The lowest BCUT2D eigenvalue weighted by Crippen LogP contribution is -2.74. The van der Waals surface area contributed by atoms with Crippen LogP contribution >= 0.6 is 11.3 Å². The van der Waals surface area contributed by atoms with Gasteiger partial charge in [-0.1, -0.05) is 218 Å². The second-order valence-electron chi connectivity index (χ2n) is 17.5. The van der Waals surface area contributed by atoms with Gasteiger partial charge in [0.15, 0.2) is 25.5 Å². The van der Waals surface area contributed by atoms with Crippen molar-refractivity contribution < 1.29 is 0 Å². The third-order valence-electron chi connectivity index (χ3n) is 13.6. The fraction of sp³-hybridized carbons (Fsp3) is 0. The molecule has 13 rings (SSSR count). The first-order chi connectivity index (χ1) is 34.2. The Morgan fingerprint density at radius 2 is 0.783 bits per heavy atom. The fourth-order valence-electron chi connectivity index (χ4n) is 10.6. The molecule has 6 heteroatoms. The summed E-state index contributed by atoms with van der Waals surface area (Å²) in [5.41, 5.74) is 8.21. The minimum absolute atomic E-state index is 0.602. The van der Waals surface area contributed by atoms with E-state index in [1.165, 1.54) is 51.7 Å². The Morgan fingerprint density at radius 1 is 0.304 bits per heavy atom. The van der Waals surface area contributed by atoms with Crippen LogP contribution in [-0.4, -0.2) is 27.6 Å². The maximum Gasteiger partial charge on any atom is 0.179 e. The first kappa shape index (κ1) is 40.7. The minimum atomic E-state index is -2.88. The molecule has 13 aromatic rings. The smallest absolute Gasteiger partial charge is 0.179 e. The van der Waals surface area contributed by atoms with Crippen molar-refractivity contribution in [3.63, 3.8) is 0 Å². The summed E-state index contributed by atoms with van der Waals surface area (Å²) in [4.78, 5) is 16.5. The molecule has 0 saturated heterocycles. The quantitative estimate of drug-likeness (QED) is 0.107. The van der Waals surface area contributed by atoms with Crippen LogP contribution in [0.3, 0.4) is 0 Å². The number of para-hydroxylation sites is 3. The van der Waals surface area contributed by atoms with Crippen molar-refractivity contribution in [2.75, 3.05) is 0 Å².